The third-order valence-electron chi connectivity index (χ3n) is 6.81. The number of nitrogens with zero attached hydrogens (tertiary/aromatic N) is 3. The first kappa shape index (κ1) is 24.9. The van der Waals surface area contributed by atoms with Crippen LogP contribution in [0, 0.1) is 13.8 Å². The summed E-state index contributed by atoms with van der Waals surface area (Å²) < 4.78 is 0. The van der Waals surface area contributed by atoms with Crippen molar-refractivity contribution in [3.63, 3.8) is 0 Å². The molecule has 8 nitrogen and oxygen atoms in total. The molecule has 1 unspecified atom stereocenters. The Kier molecular flexibility index (Phi) is 7.85. The Bertz CT molecular complexity index is 1110. The number of aliphatic hydroxyl groups is 1. The predicted octanol–water partition coefficient (Wildman–Crippen LogP) is 2.31. The third-order valence-corrected chi connectivity index (χ3v) is 6.81. The molecule has 4 rings (SSSR count). The number of hydroxylamine groups is 1. The van der Waals surface area contributed by atoms with Crippen LogP contribution in [0.5, 0.6) is 0 Å². The molecule has 186 valence electrons. The van der Waals surface area contributed by atoms with Gasteiger partial charge in [0.15, 0.2) is 0 Å². The van der Waals surface area contributed by atoms with Gasteiger partial charge in [-0.1, -0.05) is 36.4 Å². The molecule has 0 aliphatic carbocycles. The third kappa shape index (κ3) is 5.40. The second-order valence-corrected chi connectivity index (χ2v) is 9.13. The van der Waals surface area contributed by atoms with E-state index in [0.717, 1.165) is 16.7 Å². The summed E-state index contributed by atoms with van der Waals surface area (Å²) in [6, 6.07) is 13.4. The number of amides is 2. The Morgan fingerprint density at radius 1 is 1.06 bits per heavy atom. The number of rotatable bonds is 7. The van der Waals surface area contributed by atoms with Crippen LogP contribution in [0.15, 0.2) is 54.4 Å². The second-order valence-electron chi connectivity index (χ2n) is 9.13. The van der Waals surface area contributed by atoms with Crippen LogP contribution >= 0.6 is 0 Å². The fraction of sp³-hybridized carbons (Fsp3) is 0.407. The maximum absolute atomic E-state index is 13.7. The molecule has 1 fully saturated rings. The van der Waals surface area contributed by atoms with E-state index in [4.69, 9.17) is 4.84 Å². The molecule has 0 saturated carbocycles. The highest BCUT2D eigenvalue weighted by atomic mass is 16.6. The fourth-order valence-electron chi connectivity index (χ4n) is 4.87. The Morgan fingerprint density at radius 3 is 2.46 bits per heavy atom. The van der Waals surface area contributed by atoms with Crippen molar-refractivity contribution in [2.45, 2.75) is 26.3 Å². The molecule has 0 aromatic heterocycles. The fourth-order valence-corrected chi connectivity index (χ4v) is 4.87. The number of nitrogens with one attached hydrogen (secondary N) is 1. The molecule has 1 atom stereocenters. The lowest BCUT2D eigenvalue weighted by molar-refractivity contribution is -0.136. The molecule has 0 radical (unpaired) electrons. The van der Waals surface area contributed by atoms with Gasteiger partial charge in [-0.15, -0.1) is 0 Å². The molecule has 1 saturated heterocycles. The quantitative estimate of drug-likeness (QED) is 0.594. The number of β-amino-alcohol motifs (C(OH)–C–C–N with tert-alkyl or cyclic N) is 1. The van der Waals surface area contributed by atoms with Crippen molar-refractivity contribution in [2.24, 2.45) is 0 Å². The number of aryl methyl sites for hydroxylation is 2. The number of hydrogen-bond acceptors (Lipinski definition) is 6. The molecule has 2 aliphatic rings. The molecule has 2 N–H and O–H groups in total. The van der Waals surface area contributed by atoms with Crippen molar-refractivity contribution < 1.29 is 19.5 Å². The van der Waals surface area contributed by atoms with Crippen LogP contribution in [-0.4, -0.2) is 84.1 Å². The van der Waals surface area contributed by atoms with Crippen molar-refractivity contribution in [3.8, 4) is 11.1 Å². The first-order chi connectivity index (χ1) is 16.9. The highest BCUT2D eigenvalue weighted by Crippen LogP contribution is 2.29. The lowest BCUT2D eigenvalue weighted by Gasteiger charge is -2.37. The van der Waals surface area contributed by atoms with Crippen LogP contribution in [0.3, 0.4) is 0 Å². The lowest BCUT2D eigenvalue weighted by atomic mass is 9.96. The molecular weight excluding hydrogens is 444 g/mol. The molecule has 2 aromatic rings. The molecule has 8 heteroatoms. The van der Waals surface area contributed by atoms with Gasteiger partial charge in [0.25, 0.3) is 5.91 Å². The monoisotopic (exact) mass is 478 g/mol. The van der Waals surface area contributed by atoms with E-state index in [-0.39, 0.29) is 18.4 Å². The van der Waals surface area contributed by atoms with Gasteiger partial charge in [0, 0.05) is 50.9 Å². The number of piperazine rings is 1. The normalized spacial score (nSPS) is 18.5. The Labute approximate surface area is 206 Å². The predicted molar refractivity (Wildman–Crippen MR) is 134 cm³/mol. The minimum atomic E-state index is -0.625. The second kappa shape index (κ2) is 11.0. The van der Waals surface area contributed by atoms with Crippen LogP contribution in [-0.2, 0) is 9.63 Å². The lowest BCUT2D eigenvalue weighted by Crippen LogP contribution is -2.54. The van der Waals surface area contributed by atoms with Crippen LogP contribution in [0.1, 0.15) is 27.9 Å². The summed E-state index contributed by atoms with van der Waals surface area (Å²) in [5.74, 6) is -0.274. The zero-order valence-corrected chi connectivity index (χ0v) is 20.7. The summed E-state index contributed by atoms with van der Waals surface area (Å²) in [7, 11) is 1.51. The van der Waals surface area contributed by atoms with Crippen LogP contribution < -0.4 is 5.48 Å². The Morgan fingerprint density at radius 2 is 1.80 bits per heavy atom. The molecule has 2 amide bonds. The van der Waals surface area contributed by atoms with E-state index in [1.165, 1.54) is 12.7 Å². The van der Waals surface area contributed by atoms with E-state index >= 15 is 0 Å². The van der Waals surface area contributed by atoms with E-state index in [2.05, 4.69) is 29.4 Å². The standard InChI is InChI=1S/C27H34N4O4/c1-19-6-4-5-7-23(19)21-8-9-24(20(2)16-21)26(33)31-18-22(28-35-3)17-25(31)27(34)30-12-10-29(11-13-30)14-15-32/h4-9,16,18,25,28,32H,10-15,17H2,1-3H3. The zero-order valence-electron chi connectivity index (χ0n) is 20.7. The molecule has 2 aliphatic heterocycles. The number of aliphatic hydroxyl groups excluding tert-OH is 1. The van der Waals surface area contributed by atoms with Crippen molar-refractivity contribution in [1.82, 2.24) is 20.2 Å². The molecule has 35 heavy (non-hydrogen) atoms. The maximum Gasteiger partial charge on any atom is 0.258 e. The molecule has 0 bridgehead atoms. The smallest absolute Gasteiger partial charge is 0.258 e. The van der Waals surface area contributed by atoms with Crippen molar-refractivity contribution >= 4 is 11.8 Å². The van der Waals surface area contributed by atoms with Gasteiger partial charge >= 0.3 is 0 Å². The highest BCUT2D eigenvalue weighted by molar-refractivity contribution is 6.00. The van der Waals surface area contributed by atoms with Gasteiger partial charge in [0.2, 0.25) is 5.91 Å². The number of carbonyl (C=O) groups excluding carboxylic acids is 2. The molecule has 0 spiro atoms. The van der Waals surface area contributed by atoms with Gasteiger partial charge in [0.05, 0.1) is 19.4 Å². The molecule has 2 heterocycles. The van der Waals surface area contributed by atoms with Gasteiger partial charge in [0.1, 0.15) is 6.04 Å². The first-order valence-electron chi connectivity index (χ1n) is 12.0. The van der Waals surface area contributed by atoms with E-state index < -0.39 is 6.04 Å². The minimum absolute atomic E-state index is 0.0691. The Hall–Kier alpha value is -3.20. The van der Waals surface area contributed by atoms with Gasteiger partial charge in [-0.2, -0.15) is 0 Å². The van der Waals surface area contributed by atoms with Gasteiger partial charge in [-0.05, 0) is 42.2 Å². The summed E-state index contributed by atoms with van der Waals surface area (Å²) in [6.07, 6.45) is 2.06. The van der Waals surface area contributed by atoms with Crippen molar-refractivity contribution in [1.29, 1.82) is 0 Å². The van der Waals surface area contributed by atoms with E-state index in [1.807, 2.05) is 42.2 Å². The van der Waals surface area contributed by atoms with Crippen LogP contribution in [0.2, 0.25) is 0 Å². The zero-order chi connectivity index (χ0) is 24.9. The minimum Gasteiger partial charge on any atom is -0.395 e. The summed E-state index contributed by atoms with van der Waals surface area (Å²) in [6.45, 7) is 7.30. The summed E-state index contributed by atoms with van der Waals surface area (Å²) in [4.78, 5) is 37.7. The number of hydrogen-bond donors (Lipinski definition) is 2. The SMILES string of the molecule is CONC1=CN(C(=O)c2ccc(-c3ccccc3C)cc2C)C(C(=O)N2CCN(CCO)CC2)C1. The summed E-state index contributed by atoms with van der Waals surface area (Å²) >= 11 is 0. The summed E-state index contributed by atoms with van der Waals surface area (Å²) in [5.41, 5.74) is 8.29. The van der Waals surface area contributed by atoms with E-state index in [1.54, 1.807) is 11.1 Å². The molecule has 2 aromatic carbocycles. The van der Waals surface area contributed by atoms with Gasteiger partial charge < -0.3 is 14.9 Å². The first-order valence-corrected chi connectivity index (χ1v) is 12.0. The van der Waals surface area contributed by atoms with E-state index in [0.29, 0.717) is 50.4 Å². The largest absolute Gasteiger partial charge is 0.395 e. The van der Waals surface area contributed by atoms with Crippen LogP contribution in [0.25, 0.3) is 11.1 Å². The average Bonchev–Trinajstić information content (AvgIpc) is 3.28. The number of carbonyl (C=O) groups is 2. The van der Waals surface area contributed by atoms with Gasteiger partial charge in [-0.3, -0.25) is 24.8 Å². The van der Waals surface area contributed by atoms with Gasteiger partial charge in [-0.25, -0.2) is 0 Å². The Balaban J connectivity index is 1.55. The number of benzene rings is 2. The topological polar surface area (TPSA) is 85.4 Å². The summed E-state index contributed by atoms with van der Waals surface area (Å²) in [5, 5.41) is 9.18. The van der Waals surface area contributed by atoms with E-state index in [9.17, 15) is 14.7 Å². The average molecular weight is 479 g/mol. The molecular formula is C27H34N4O4. The maximum atomic E-state index is 13.7. The van der Waals surface area contributed by atoms with Crippen molar-refractivity contribution in [3.05, 3.63) is 71.1 Å². The highest BCUT2D eigenvalue weighted by Gasteiger charge is 2.38. The van der Waals surface area contributed by atoms with Crippen LogP contribution in [0.4, 0.5) is 0 Å². The van der Waals surface area contributed by atoms with Crippen molar-refractivity contribution in [2.75, 3.05) is 46.4 Å².